The van der Waals surface area contributed by atoms with E-state index in [2.05, 4.69) is 25.2 Å². The quantitative estimate of drug-likeness (QED) is 0.850. The highest BCUT2D eigenvalue weighted by Crippen LogP contribution is 2.30. The first-order valence-corrected chi connectivity index (χ1v) is 7.18. The zero-order valence-electron chi connectivity index (χ0n) is 11.5. The number of phenols is 1. The molecule has 2 N–H and O–H groups in total. The Labute approximate surface area is 110 Å². The molecule has 0 saturated heterocycles. The van der Waals surface area contributed by atoms with Gasteiger partial charge < -0.3 is 10.4 Å². The van der Waals surface area contributed by atoms with Gasteiger partial charge in [-0.3, -0.25) is 0 Å². The molecule has 100 valence electrons. The third-order valence-electron chi connectivity index (χ3n) is 4.15. The summed E-state index contributed by atoms with van der Waals surface area (Å²) in [6, 6.07) is 8.19. The lowest BCUT2D eigenvalue weighted by Gasteiger charge is -2.35. The maximum absolute atomic E-state index is 9.46. The Kier molecular flexibility index (Phi) is 4.65. The van der Waals surface area contributed by atoms with E-state index >= 15 is 0 Å². The van der Waals surface area contributed by atoms with Crippen molar-refractivity contribution >= 4 is 0 Å². The van der Waals surface area contributed by atoms with Gasteiger partial charge in [0.1, 0.15) is 5.75 Å². The predicted molar refractivity (Wildman–Crippen MR) is 75.5 cm³/mol. The molecule has 2 heteroatoms. The number of aromatic hydroxyl groups is 1. The molecule has 18 heavy (non-hydrogen) atoms. The summed E-state index contributed by atoms with van der Waals surface area (Å²) in [4.78, 5) is 0. The van der Waals surface area contributed by atoms with Crippen LogP contribution in [0.2, 0.25) is 0 Å². The van der Waals surface area contributed by atoms with Crippen LogP contribution in [0.1, 0.15) is 45.1 Å². The van der Waals surface area contributed by atoms with Crippen molar-refractivity contribution < 1.29 is 5.11 Å². The minimum atomic E-state index is 0.360. The number of nitrogens with one attached hydrogen (secondary N) is 1. The lowest BCUT2D eigenvalue weighted by Crippen LogP contribution is -2.40. The monoisotopic (exact) mass is 247 g/mol. The van der Waals surface area contributed by atoms with Gasteiger partial charge in [0, 0.05) is 12.6 Å². The second-order valence-corrected chi connectivity index (χ2v) is 5.85. The van der Waals surface area contributed by atoms with Gasteiger partial charge in [0.25, 0.3) is 0 Å². The second kappa shape index (κ2) is 6.24. The molecule has 2 nitrogen and oxygen atoms in total. The SMILES string of the molecule is CC(C)C1CCCCC1NCc1cccc(O)c1. The number of hydrogen-bond donors (Lipinski definition) is 2. The van der Waals surface area contributed by atoms with E-state index in [1.54, 1.807) is 6.07 Å². The van der Waals surface area contributed by atoms with Crippen molar-refractivity contribution in [1.82, 2.24) is 5.32 Å². The summed E-state index contributed by atoms with van der Waals surface area (Å²) in [7, 11) is 0. The fourth-order valence-electron chi connectivity index (χ4n) is 3.13. The third kappa shape index (κ3) is 3.49. The third-order valence-corrected chi connectivity index (χ3v) is 4.15. The number of benzene rings is 1. The van der Waals surface area contributed by atoms with Gasteiger partial charge in [-0.1, -0.05) is 38.8 Å². The molecule has 1 aromatic rings. The Morgan fingerprint density at radius 1 is 1.28 bits per heavy atom. The Balaban J connectivity index is 1.91. The van der Waals surface area contributed by atoms with Gasteiger partial charge >= 0.3 is 0 Å². The molecule has 0 spiro atoms. The van der Waals surface area contributed by atoms with Crippen molar-refractivity contribution in [3.63, 3.8) is 0 Å². The number of rotatable bonds is 4. The molecule has 0 amide bonds. The van der Waals surface area contributed by atoms with Gasteiger partial charge in [-0.2, -0.15) is 0 Å². The average molecular weight is 247 g/mol. The zero-order valence-corrected chi connectivity index (χ0v) is 11.5. The fourth-order valence-corrected chi connectivity index (χ4v) is 3.13. The molecule has 1 fully saturated rings. The van der Waals surface area contributed by atoms with Crippen LogP contribution in [0.25, 0.3) is 0 Å². The van der Waals surface area contributed by atoms with Crippen molar-refractivity contribution in [1.29, 1.82) is 0 Å². The molecule has 1 aliphatic carbocycles. The summed E-state index contributed by atoms with van der Waals surface area (Å²) in [6.07, 6.45) is 5.38. The van der Waals surface area contributed by atoms with Crippen molar-refractivity contribution in [3.05, 3.63) is 29.8 Å². The molecule has 0 aromatic heterocycles. The molecule has 2 rings (SSSR count). The summed E-state index contributed by atoms with van der Waals surface area (Å²) in [5, 5.41) is 13.1. The maximum atomic E-state index is 9.46. The van der Waals surface area contributed by atoms with Crippen LogP contribution in [-0.4, -0.2) is 11.1 Å². The van der Waals surface area contributed by atoms with Crippen LogP contribution >= 0.6 is 0 Å². The van der Waals surface area contributed by atoms with Gasteiger partial charge in [-0.25, -0.2) is 0 Å². The maximum Gasteiger partial charge on any atom is 0.115 e. The van der Waals surface area contributed by atoms with E-state index in [0.717, 1.165) is 18.4 Å². The molecule has 1 aromatic carbocycles. The Morgan fingerprint density at radius 3 is 2.78 bits per heavy atom. The first kappa shape index (κ1) is 13.4. The summed E-state index contributed by atoms with van der Waals surface area (Å²) >= 11 is 0. The number of phenolic OH excluding ortho intramolecular Hbond substituents is 1. The van der Waals surface area contributed by atoms with Crippen LogP contribution < -0.4 is 5.32 Å². The first-order chi connectivity index (χ1) is 8.66. The molecule has 2 atom stereocenters. The van der Waals surface area contributed by atoms with Crippen molar-refractivity contribution in [2.24, 2.45) is 11.8 Å². The summed E-state index contributed by atoms with van der Waals surface area (Å²) in [5.41, 5.74) is 1.17. The van der Waals surface area contributed by atoms with Gasteiger partial charge in [-0.15, -0.1) is 0 Å². The van der Waals surface area contributed by atoms with Crippen molar-refractivity contribution in [2.75, 3.05) is 0 Å². The average Bonchev–Trinajstić information content (AvgIpc) is 2.37. The molecule has 0 heterocycles. The number of hydrogen-bond acceptors (Lipinski definition) is 2. The topological polar surface area (TPSA) is 32.3 Å². The second-order valence-electron chi connectivity index (χ2n) is 5.85. The smallest absolute Gasteiger partial charge is 0.115 e. The molecule has 2 unspecified atom stereocenters. The summed E-state index contributed by atoms with van der Waals surface area (Å²) in [5.74, 6) is 1.92. The minimum absolute atomic E-state index is 0.360. The molecule has 0 aliphatic heterocycles. The highest BCUT2D eigenvalue weighted by atomic mass is 16.3. The van der Waals surface area contributed by atoms with Gasteiger partial charge in [0.15, 0.2) is 0 Å². The lowest BCUT2D eigenvalue weighted by molar-refractivity contribution is 0.204. The summed E-state index contributed by atoms with van der Waals surface area (Å²) in [6.45, 7) is 5.53. The normalized spacial score (nSPS) is 24.4. The summed E-state index contributed by atoms with van der Waals surface area (Å²) < 4.78 is 0. The Hall–Kier alpha value is -1.02. The Morgan fingerprint density at radius 2 is 2.06 bits per heavy atom. The van der Waals surface area contributed by atoms with Gasteiger partial charge in [0.05, 0.1) is 0 Å². The predicted octanol–water partition coefficient (Wildman–Crippen LogP) is 3.70. The van der Waals surface area contributed by atoms with E-state index in [-0.39, 0.29) is 0 Å². The van der Waals surface area contributed by atoms with Crippen LogP contribution in [0.4, 0.5) is 0 Å². The standard InChI is InChI=1S/C16H25NO/c1-12(2)15-8-3-4-9-16(15)17-11-13-6-5-7-14(18)10-13/h5-7,10,12,15-18H,3-4,8-9,11H2,1-2H3. The van der Waals surface area contributed by atoms with Crippen molar-refractivity contribution in [2.45, 2.75) is 52.1 Å². The van der Waals surface area contributed by atoms with Crippen LogP contribution in [0.3, 0.4) is 0 Å². The zero-order chi connectivity index (χ0) is 13.0. The largest absolute Gasteiger partial charge is 0.508 e. The molecular weight excluding hydrogens is 222 g/mol. The van der Waals surface area contributed by atoms with E-state index < -0.39 is 0 Å². The van der Waals surface area contributed by atoms with E-state index in [4.69, 9.17) is 0 Å². The van der Waals surface area contributed by atoms with Crippen LogP contribution in [0.5, 0.6) is 5.75 Å². The van der Waals surface area contributed by atoms with E-state index in [1.807, 2.05) is 12.1 Å². The van der Waals surface area contributed by atoms with E-state index in [0.29, 0.717) is 11.8 Å². The molecular formula is C16H25NO. The van der Waals surface area contributed by atoms with Crippen LogP contribution in [0.15, 0.2) is 24.3 Å². The Bertz CT molecular complexity index is 375. The van der Waals surface area contributed by atoms with Crippen molar-refractivity contribution in [3.8, 4) is 5.75 Å². The first-order valence-electron chi connectivity index (χ1n) is 7.18. The molecule has 1 saturated carbocycles. The molecule has 1 aliphatic rings. The fraction of sp³-hybridized carbons (Fsp3) is 0.625. The van der Waals surface area contributed by atoms with Gasteiger partial charge in [0.2, 0.25) is 0 Å². The highest BCUT2D eigenvalue weighted by molar-refractivity contribution is 5.26. The highest BCUT2D eigenvalue weighted by Gasteiger charge is 2.26. The molecule has 0 bridgehead atoms. The molecule has 0 radical (unpaired) electrons. The van der Waals surface area contributed by atoms with Crippen LogP contribution in [-0.2, 0) is 6.54 Å². The minimum Gasteiger partial charge on any atom is -0.508 e. The van der Waals surface area contributed by atoms with E-state index in [9.17, 15) is 5.11 Å². The van der Waals surface area contributed by atoms with E-state index in [1.165, 1.54) is 31.2 Å². The van der Waals surface area contributed by atoms with Crippen LogP contribution in [0, 0.1) is 11.8 Å². The van der Waals surface area contributed by atoms with Gasteiger partial charge in [-0.05, 0) is 42.4 Å². The lowest BCUT2D eigenvalue weighted by atomic mass is 9.78.